The van der Waals surface area contributed by atoms with Gasteiger partial charge in [-0.05, 0) is 43.5 Å². The zero-order valence-electron chi connectivity index (χ0n) is 14.2. The molecule has 0 spiro atoms. The molecule has 6 heteroatoms. The maximum Gasteiger partial charge on any atom is 0.188 e. The Morgan fingerprint density at radius 2 is 2.21 bits per heavy atom. The third kappa shape index (κ3) is 4.35. The summed E-state index contributed by atoms with van der Waals surface area (Å²) in [6.45, 7) is 5.21. The average Bonchev–Trinajstić information content (AvgIpc) is 3.08. The van der Waals surface area contributed by atoms with E-state index in [4.69, 9.17) is 9.47 Å². The fraction of sp³-hybridized carbons (Fsp3) is 0.444. The zero-order chi connectivity index (χ0) is 16.8. The molecule has 1 N–H and O–H groups in total. The van der Waals surface area contributed by atoms with Gasteiger partial charge in [0.2, 0.25) is 0 Å². The van der Waals surface area contributed by atoms with Crippen LogP contribution in [0, 0.1) is 12.8 Å². The fourth-order valence-electron chi connectivity index (χ4n) is 2.87. The molecule has 0 unspecified atom stereocenters. The van der Waals surface area contributed by atoms with Crippen LogP contribution in [-0.4, -0.2) is 43.5 Å². The molecule has 24 heavy (non-hydrogen) atoms. The molecule has 6 nitrogen and oxygen atoms in total. The largest absolute Gasteiger partial charge is 0.466 e. The van der Waals surface area contributed by atoms with E-state index in [1.165, 1.54) is 0 Å². The number of anilines is 2. The first-order valence-electron chi connectivity index (χ1n) is 8.25. The van der Waals surface area contributed by atoms with Crippen molar-refractivity contribution in [1.29, 1.82) is 0 Å². The highest BCUT2D eigenvalue weighted by molar-refractivity contribution is 5.42. The summed E-state index contributed by atoms with van der Waals surface area (Å²) in [6.07, 6.45) is 2.90. The molecule has 1 fully saturated rings. The topological polar surface area (TPSA) is 59.5 Å². The maximum atomic E-state index is 5.37. The van der Waals surface area contributed by atoms with Crippen LogP contribution in [0.2, 0.25) is 0 Å². The molecule has 3 rings (SSSR count). The number of aryl methyl sites for hydroxylation is 1. The first kappa shape index (κ1) is 16.5. The predicted octanol–water partition coefficient (Wildman–Crippen LogP) is 2.71. The van der Waals surface area contributed by atoms with Gasteiger partial charge in [-0.3, -0.25) is 0 Å². The normalized spacial score (nSPS) is 17.1. The fourth-order valence-corrected chi connectivity index (χ4v) is 2.87. The molecule has 0 amide bonds. The molecule has 1 saturated heterocycles. The minimum absolute atomic E-state index is 0.242. The second-order valence-corrected chi connectivity index (χ2v) is 6.05. The zero-order valence-corrected chi connectivity index (χ0v) is 14.2. The summed E-state index contributed by atoms with van der Waals surface area (Å²) < 4.78 is 10.3. The number of pyridine rings is 2. The minimum Gasteiger partial charge on any atom is -0.466 e. The van der Waals surface area contributed by atoms with Gasteiger partial charge in [-0.15, -0.1) is 0 Å². The van der Waals surface area contributed by atoms with Crippen molar-refractivity contribution in [2.24, 2.45) is 5.92 Å². The van der Waals surface area contributed by atoms with Gasteiger partial charge in [0.1, 0.15) is 17.4 Å². The van der Waals surface area contributed by atoms with E-state index in [-0.39, 0.29) is 6.79 Å². The van der Waals surface area contributed by atoms with Gasteiger partial charge >= 0.3 is 0 Å². The number of nitrogens with zero attached hydrogens (tertiary/aromatic N) is 3. The van der Waals surface area contributed by atoms with Crippen molar-refractivity contribution >= 4 is 11.6 Å². The summed E-state index contributed by atoms with van der Waals surface area (Å²) in [4.78, 5) is 11.3. The summed E-state index contributed by atoms with van der Waals surface area (Å²) in [5, 5.41) is 3.44. The number of nitrogens with one attached hydrogen (secondary N) is 1. The predicted molar refractivity (Wildman–Crippen MR) is 94.5 cm³/mol. The summed E-state index contributed by atoms with van der Waals surface area (Å²) in [5.74, 6) is 3.27. The lowest BCUT2D eigenvalue weighted by molar-refractivity contribution is 0.0509. The van der Waals surface area contributed by atoms with E-state index in [1.807, 2.05) is 37.3 Å². The van der Waals surface area contributed by atoms with Crippen LogP contribution in [0.1, 0.15) is 12.1 Å². The van der Waals surface area contributed by atoms with Crippen molar-refractivity contribution in [1.82, 2.24) is 9.97 Å². The number of hydrogen-bond acceptors (Lipinski definition) is 6. The van der Waals surface area contributed by atoms with Crippen molar-refractivity contribution in [3.05, 3.63) is 42.2 Å². The third-order valence-electron chi connectivity index (χ3n) is 4.13. The van der Waals surface area contributed by atoms with Gasteiger partial charge in [-0.2, -0.15) is 0 Å². The number of rotatable bonds is 7. The van der Waals surface area contributed by atoms with E-state index in [0.717, 1.165) is 49.1 Å². The quantitative estimate of drug-likeness (QED) is 0.789. The van der Waals surface area contributed by atoms with Gasteiger partial charge in [-0.1, -0.05) is 6.07 Å². The molecule has 1 atom stereocenters. The van der Waals surface area contributed by atoms with Crippen LogP contribution >= 0.6 is 0 Å². The molecule has 0 bridgehead atoms. The van der Waals surface area contributed by atoms with Crippen LogP contribution in [-0.2, 0) is 4.74 Å². The standard InChI is InChI=1S/C18H24N4O2/c1-14-4-3-5-17(21-14)19-10-15-8-9-22(12-15)18-7-6-16(11-20-18)24-13-23-2/h3-7,11,15H,8-10,12-13H2,1-2H3,(H,19,21)/t15-/m1/s1. The highest BCUT2D eigenvalue weighted by Gasteiger charge is 2.23. The summed E-state index contributed by atoms with van der Waals surface area (Å²) in [6, 6.07) is 9.99. The van der Waals surface area contributed by atoms with Gasteiger partial charge in [0, 0.05) is 32.4 Å². The number of ether oxygens (including phenoxy) is 2. The smallest absolute Gasteiger partial charge is 0.188 e. The maximum absolute atomic E-state index is 5.37. The second kappa shape index (κ2) is 7.97. The number of aromatic nitrogens is 2. The molecule has 128 valence electrons. The van der Waals surface area contributed by atoms with E-state index in [0.29, 0.717) is 5.92 Å². The first-order valence-corrected chi connectivity index (χ1v) is 8.25. The molecule has 1 aliphatic rings. The Labute approximate surface area is 142 Å². The molecule has 0 aliphatic carbocycles. The van der Waals surface area contributed by atoms with Crippen molar-refractivity contribution in [3.63, 3.8) is 0 Å². The molecule has 0 radical (unpaired) electrons. The summed E-state index contributed by atoms with van der Waals surface area (Å²) >= 11 is 0. The van der Waals surface area contributed by atoms with E-state index in [1.54, 1.807) is 13.3 Å². The van der Waals surface area contributed by atoms with Crippen molar-refractivity contribution < 1.29 is 9.47 Å². The van der Waals surface area contributed by atoms with Crippen molar-refractivity contribution in [2.45, 2.75) is 13.3 Å². The van der Waals surface area contributed by atoms with Crippen LogP contribution in [0.4, 0.5) is 11.6 Å². The van der Waals surface area contributed by atoms with Crippen LogP contribution in [0.15, 0.2) is 36.5 Å². The Kier molecular flexibility index (Phi) is 5.48. The Bertz CT molecular complexity index is 648. The van der Waals surface area contributed by atoms with Crippen molar-refractivity contribution in [3.8, 4) is 5.75 Å². The molecule has 2 aromatic rings. The van der Waals surface area contributed by atoms with Gasteiger partial charge in [0.15, 0.2) is 6.79 Å². The van der Waals surface area contributed by atoms with E-state index in [2.05, 4.69) is 20.2 Å². The van der Waals surface area contributed by atoms with E-state index < -0.39 is 0 Å². The van der Waals surface area contributed by atoms with Crippen LogP contribution in [0.5, 0.6) is 5.75 Å². The van der Waals surface area contributed by atoms with Gasteiger partial charge < -0.3 is 19.7 Å². The summed E-state index contributed by atoms with van der Waals surface area (Å²) in [7, 11) is 1.60. The van der Waals surface area contributed by atoms with Gasteiger partial charge in [0.05, 0.1) is 6.20 Å². The first-order chi connectivity index (χ1) is 11.7. The second-order valence-electron chi connectivity index (χ2n) is 6.05. The van der Waals surface area contributed by atoms with Crippen LogP contribution in [0.3, 0.4) is 0 Å². The monoisotopic (exact) mass is 328 g/mol. The molecule has 1 aliphatic heterocycles. The van der Waals surface area contributed by atoms with Gasteiger partial charge in [0.25, 0.3) is 0 Å². The van der Waals surface area contributed by atoms with E-state index in [9.17, 15) is 0 Å². The average molecular weight is 328 g/mol. The Morgan fingerprint density at radius 1 is 1.29 bits per heavy atom. The molecule has 0 saturated carbocycles. The lowest BCUT2D eigenvalue weighted by Gasteiger charge is -2.18. The molecule has 0 aromatic carbocycles. The highest BCUT2D eigenvalue weighted by Crippen LogP contribution is 2.23. The molecular formula is C18H24N4O2. The number of hydrogen-bond donors (Lipinski definition) is 1. The van der Waals surface area contributed by atoms with Gasteiger partial charge in [-0.25, -0.2) is 9.97 Å². The molecule has 3 heterocycles. The lowest BCUT2D eigenvalue weighted by Crippen LogP contribution is -2.23. The summed E-state index contributed by atoms with van der Waals surface area (Å²) in [5.41, 5.74) is 1.04. The van der Waals surface area contributed by atoms with Crippen LogP contribution in [0.25, 0.3) is 0 Å². The Hall–Kier alpha value is -2.34. The minimum atomic E-state index is 0.242. The molecular weight excluding hydrogens is 304 g/mol. The third-order valence-corrected chi connectivity index (χ3v) is 4.13. The van der Waals surface area contributed by atoms with Crippen LogP contribution < -0.4 is 15.0 Å². The SMILES string of the molecule is COCOc1ccc(N2CC[C@H](CNc3cccc(C)n3)C2)nc1. The number of methoxy groups -OCH3 is 1. The Balaban J connectivity index is 1.49. The highest BCUT2D eigenvalue weighted by atomic mass is 16.7. The Morgan fingerprint density at radius 3 is 2.96 bits per heavy atom. The lowest BCUT2D eigenvalue weighted by atomic mass is 10.1. The van der Waals surface area contributed by atoms with Crippen molar-refractivity contribution in [2.75, 3.05) is 43.8 Å². The molecule has 2 aromatic heterocycles. The van der Waals surface area contributed by atoms with E-state index >= 15 is 0 Å².